The summed E-state index contributed by atoms with van der Waals surface area (Å²) in [4.78, 5) is 30.9. The number of carbonyl (C=O) groups is 1. The molecule has 7 heteroatoms. The summed E-state index contributed by atoms with van der Waals surface area (Å²) in [6.45, 7) is 4.57. The van der Waals surface area contributed by atoms with Crippen LogP contribution >= 0.6 is 0 Å². The molecule has 1 N–H and O–H groups in total. The number of nitrogens with one attached hydrogen (secondary N) is 1. The number of methoxy groups -OCH3 is 1. The molecule has 4 rings (SSSR count). The van der Waals surface area contributed by atoms with Gasteiger partial charge in [0.25, 0.3) is 5.91 Å². The molecule has 0 saturated carbocycles. The first-order valence-electron chi connectivity index (χ1n) is 11.7. The summed E-state index contributed by atoms with van der Waals surface area (Å²) in [7, 11) is 1.60. The van der Waals surface area contributed by atoms with Crippen molar-refractivity contribution in [3.05, 3.63) is 123 Å². The Kier molecular flexibility index (Phi) is 7.80. The molecular weight excluding hydrogens is 454 g/mol. The fraction of sp³-hybridized carbons (Fsp3) is 0.207. The normalized spacial score (nSPS) is 10.6. The first kappa shape index (κ1) is 24.7. The average Bonchev–Trinajstić information content (AvgIpc) is 2.89. The monoisotopic (exact) mass is 483 g/mol. The van der Waals surface area contributed by atoms with Crippen LogP contribution in [0.1, 0.15) is 38.6 Å². The van der Waals surface area contributed by atoms with Gasteiger partial charge in [-0.15, -0.1) is 0 Å². The van der Waals surface area contributed by atoms with E-state index in [0.717, 1.165) is 28.3 Å². The van der Waals surface area contributed by atoms with Gasteiger partial charge in [-0.3, -0.25) is 14.6 Å². The van der Waals surface area contributed by atoms with Crippen molar-refractivity contribution in [2.75, 3.05) is 7.11 Å². The average molecular weight is 484 g/mol. The standard InChI is InChI=1S/C29H29N3O4/c1-20-7-11-25(12-8-20)36-19-26-28(29(34)31-17-22-9-13-24(35-3)14-10-22)27(33)16-21(2)32(26)18-23-6-4-5-15-30-23/h4-16H,17-19H2,1-3H3,(H,31,34). The van der Waals surface area contributed by atoms with Gasteiger partial charge in [0.15, 0.2) is 5.43 Å². The molecule has 0 aliphatic rings. The Morgan fingerprint density at radius 1 is 0.972 bits per heavy atom. The first-order chi connectivity index (χ1) is 17.4. The Bertz CT molecular complexity index is 1380. The zero-order chi connectivity index (χ0) is 25.5. The minimum atomic E-state index is -0.451. The summed E-state index contributed by atoms with van der Waals surface area (Å²) in [5, 5.41) is 2.89. The fourth-order valence-corrected chi connectivity index (χ4v) is 3.90. The minimum absolute atomic E-state index is 0.0537. The smallest absolute Gasteiger partial charge is 0.257 e. The van der Waals surface area contributed by atoms with E-state index < -0.39 is 5.91 Å². The van der Waals surface area contributed by atoms with Crippen LogP contribution in [-0.4, -0.2) is 22.6 Å². The second-order valence-electron chi connectivity index (χ2n) is 8.51. The highest BCUT2D eigenvalue weighted by atomic mass is 16.5. The molecule has 2 heterocycles. The molecule has 0 unspecified atom stereocenters. The Morgan fingerprint density at radius 2 is 1.69 bits per heavy atom. The SMILES string of the molecule is COc1ccc(CNC(=O)c2c(COc3ccc(C)cc3)n(Cc3ccccn3)c(C)cc2=O)cc1. The number of ether oxygens (including phenoxy) is 2. The Balaban J connectivity index is 1.67. The maximum atomic E-state index is 13.3. The van der Waals surface area contributed by atoms with Crippen molar-refractivity contribution >= 4 is 5.91 Å². The van der Waals surface area contributed by atoms with Gasteiger partial charge in [0, 0.05) is 24.5 Å². The van der Waals surface area contributed by atoms with Crippen molar-refractivity contribution < 1.29 is 14.3 Å². The molecule has 2 aromatic carbocycles. The van der Waals surface area contributed by atoms with Crippen molar-refractivity contribution in [1.29, 1.82) is 0 Å². The summed E-state index contributed by atoms with van der Waals surface area (Å²) in [6, 6.07) is 22.2. The highest BCUT2D eigenvalue weighted by molar-refractivity contribution is 5.95. The lowest BCUT2D eigenvalue weighted by atomic mass is 10.1. The van der Waals surface area contributed by atoms with Gasteiger partial charge in [0.1, 0.15) is 23.7 Å². The predicted molar refractivity (Wildman–Crippen MR) is 138 cm³/mol. The van der Waals surface area contributed by atoms with Crippen LogP contribution in [0.25, 0.3) is 0 Å². The quantitative estimate of drug-likeness (QED) is 0.381. The van der Waals surface area contributed by atoms with E-state index in [-0.39, 0.29) is 24.1 Å². The van der Waals surface area contributed by atoms with Crippen LogP contribution in [-0.2, 0) is 19.7 Å². The first-order valence-corrected chi connectivity index (χ1v) is 11.7. The van der Waals surface area contributed by atoms with Crippen molar-refractivity contribution in [3.63, 3.8) is 0 Å². The third kappa shape index (κ3) is 5.99. The summed E-state index contributed by atoms with van der Waals surface area (Å²) >= 11 is 0. The van der Waals surface area contributed by atoms with E-state index in [1.54, 1.807) is 13.3 Å². The number of hydrogen-bond acceptors (Lipinski definition) is 5. The second kappa shape index (κ2) is 11.4. The molecule has 0 radical (unpaired) electrons. The number of benzene rings is 2. The summed E-state index contributed by atoms with van der Waals surface area (Å²) in [5.41, 5.74) is 3.76. The van der Waals surface area contributed by atoms with Gasteiger partial charge in [0.2, 0.25) is 0 Å². The van der Waals surface area contributed by atoms with E-state index in [1.165, 1.54) is 6.07 Å². The van der Waals surface area contributed by atoms with Crippen molar-refractivity contribution in [1.82, 2.24) is 14.9 Å². The topological polar surface area (TPSA) is 82.4 Å². The third-order valence-corrected chi connectivity index (χ3v) is 5.91. The van der Waals surface area contributed by atoms with Crippen molar-refractivity contribution in [2.24, 2.45) is 0 Å². The van der Waals surface area contributed by atoms with Gasteiger partial charge in [0.05, 0.1) is 25.0 Å². The molecule has 0 saturated heterocycles. The lowest BCUT2D eigenvalue weighted by molar-refractivity contribution is 0.0945. The zero-order valence-corrected chi connectivity index (χ0v) is 20.7. The van der Waals surface area contributed by atoms with Gasteiger partial charge in [-0.05, 0) is 55.8 Å². The molecular formula is C29H29N3O4. The molecule has 0 fully saturated rings. The summed E-state index contributed by atoms with van der Waals surface area (Å²) < 4.78 is 13.1. The zero-order valence-electron chi connectivity index (χ0n) is 20.7. The molecule has 0 aliphatic heterocycles. The van der Waals surface area contributed by atoms with Crippen LogP contribution in [0, 0.1) is 13.8 Å². The van der Waals surface area contributed by atoms with Crippen LogP contribution in [0.2, 0.25) is 0 Å². The maximum absolute atomic E-state index is 13.3. The second-order valence-corrected chi connectivity index (χ2v) is 8.51. The van der Waals surface area contributed by atoms with Gasteiger partial charge in [-0.1, -0.05) is 35.9 Å². The lowest BCUT2D eigenvalue weighted by Gasteiger charge is -2.20. The molecule has 2 aromatic heterocycles. The van der Waals surface area contributed by atoms with Crippen LogP contribution < -0.4 is 20.2 Å². The fourth-order valence-electron chi connectivity index (χ4n) is 3.90. The molecule has 4 aromatic rings. The van der Waals surface area contributed by atoms with E-state index in [4.69, 9.17) is 9.47 Å². The molecule has 36 heavy (non-hydrogen) atoms. The highest BCUT2D eigenvalue weighted by Gasteiger charge is 2.21. The third-order valence-electron chi connectivity index (χ3n) is 5.91. The summed E-state index contributed by atoms with van der Waals surface area (Å²) in [6.07, 6.45) is 1.72. The summed E-state index contributed by atoms with van der Waals surface area (Å²) in [5.74, 6) is 0.938. The number of pyridine rings is 2. The van der Waals surface area contributed by atoms with Crippen LogP contribution in [0.3, 0.4) is 0 Å². The number of rotatable bonds is 9. The lowest BCUT2D eigenvalue weighted by Crippen LogP contribution is -2.33. The van der Waals surface area contributed by atoms with Crippen LogP contribution in [0.15, 0.2) is 83.8 Å². The maximum Gasteiger partial charge on any atom is 0.257 e. The van der Waals surface area contributed by atoms with Crippen LogP contribution in [0.5, 0.6) is 11.5 Å². The van der Waals surface area contributed by atoms with Gasteiger partial charge < -0.3 is 19.4 Å². The van der Waals surface area contributed by atoms with Crippen LogP contribution in [0.4, 0.5) is 0 Å². The van der Waals surface area contributed by atoms with E-state index in [0.29, 0.717) is 18.0 Å². The Morgan fingerprint density at radius 3 is 2.36 bits per heavy atom. The molecule has 0 spiro atoms. The number of hydrogen-bond donors (Lipinski definition) is 1. The van der Waals surface area contributed by atoms with E-state index in [1.807, 2.05) is 85.1 Å². The number of aromatic nitrogens is 2. The molecule has 7 nitrogen and oxygen atoms in total. The molecule has 0 atom stereocenters. The Labute approximate surface area is 210 Å². The number of aryl methyl sites for hydroxylation is 2. The van der Waals surface area contributed by atoms with E-state index >= 15 is 0 Å². The van der Waals surface area contributed by atoms with Gasteiger partial charge >= 0.3 is 0 Å². The van der Waals surface area contributed by atoms with Crippen molar-refractivity contribution in [2.45, 2.75) is 33.5 Å². The number of carbonyl (C=O) groups excluding carboxylic acids is 1. The largest absolute Gasteiger partial charge is 0.497 e. The molecule has 0 bridgehead atoms. The number of amides is 1. The van der Waals surface area contributed by atoms with Gasteiger partial charge in [-0.25, -0.2) is 0 Å². The predicted octanol–water partition coefficient (Wildman–Crippen LogP) is 4.43. The minimum Gasteiger partial charge on any atom is -0.497 e. The molecule has 184 valence electrons. The highest BCUT2D eigenvalue weighted by Crippen LogP contribution is 2.18. The number of nitrogens with zero attached hydrogens (tertiary/aromatic N) is 2. The molecule has 1 amide bonds. The molecule has 0 aliphatic carbocycles. The van der Waals surface area contributed by atoms with E-state index in [2.05, 4.69) is 10.3 Å². The van der Waals surface area contributed by atoms with Gasteiger partial charge in [-0.2, -0.15) is 0 Å². The van der Waals surface area contributed by atoms with Crippen molar-refractivity contribution in [3.8, 4) is 11.5 Å². The van der Waals surface area contributed by atoms with E-state index in [9.17, 15) is 9.59 Å². The Hall–Kier alpha value is -4.39.